The molecule has 0 unspecified atom stereocenters. The lowest BCUT2D eigenvalue weighted by molar-refractivity contribution is 0.456. The molecule has 0 aliphatic rings. The molecular weight excluding hydrogens is 223 g/mol. The fraction of sp³-hybridized carbons (Fsp3) is 0.727. The molecule has 0 atom stereocenters. The minimum absolute atomic E-state index is 0.273. The van der Waals surface area contributed by atoms with Crippen LogP contribution in [0.2, 0.25) is 0 Å². The summed E-state index contributed by atoms with van der Waals surface area (Å²) in [6, 6.07) is 0.575. The molecule has 86 valence electrons. The van der Waals surface area contributed by atoms with E-state index in [0.717, 1.165) is 11.4 Å². The van der Waals surface area contributed by atoms with E-state index in [1.807, 2.05) is 23.8 Å². The second-order valence-corrected chi connectivity index (χ2v) is 5.59. The lowest BCUT2D eigenvalue weighted by atomic mass is 10.3. The van der Waals surface area contributed by atoms with Crippen molar-refractivity contribution >= 4 is 30.1 Å². The standard InChI is InChI=1S/C11H21N2.Al.ClH.H/c1-8(2)12-10(5)7-11(6)13-9(3)4;;;/h7-9H,1-6H3;;1H;/q-1;+2;;/p-1/b10-7-,13-11?;;;/i;;;1+1. The van der Waals surface area contributed by atoms with Gasteiger partial charge in [-0.05, 0) is 54.3 Å². The van der Waals surface area contributed by atoms with Crippen molar-refractivity contribution in [2.45, 2.75) is 53.6 Å². The van der Waals surface area contributed by atoms with Crippen LogP contribution in [0.5, 0.6) is 0 Å². The summed E-state index contributed by atoms with van der Waals surface area (Å²) in [4.78, 5) is 4.44. The van der Waals surface area contributed by atoms with Gasteiger partial charge in [0.1, 0.15) is 0 Å². The summed E-state index contributed by atoms with van der Waals surface area (Å²) in [6.45, 7) is 12.2. The van der Waals surface area contributed by atoms with Gasteiger partial charge in [-0.15, -0.1) is 0 Å². The van der Waals surface area contributed by atoms with E-state index >= 15 is 0 Å². The Bertz CT molecular complexity index is 267. The molecule has 0 amide bonds. The first-order chi connectivity index (χ1) is 7.25. The summed E-state index contributed by atoms with van der Waals surface area (Å²) in [5.74, 6) is 0. The summed E-state index contributed by atoms with van der Waals surface area (Å²) in [5.41, 5.74) is 2.03. The second-order valence-electron chi connectivity index (χ2n) is 4.25. The molecule has 0 saturated heterocycles. The maximum atomic E-state index is 7.73. The van der Waals surface area contributed by atoms with Gasteiger partial charge in [-0.25, -0.2) is 10.0 Å². The summed E-state index contributed by atoms with van der Waals surface area (Å²) in [7, 11) is 5.97. The molecule has 0 aromatic carbocycles. The molecule has 0 N–H and O–H groups in total. The summed E-state index contributed by atoms with van der Waals surface area (Å²) in [6.07, 6.45) is 2.01. The fourth-order valence-corrected chi connectivity index (χ4v) is 3.01. The molecule has 0 bridgehead atoms. The maximum Gasteiger partial charge on any atom is 0.520 e. The van der Waals surface area contributed by atoms with Gasteiger partial charge in [0.2, 0.25) is 0 Å². The average Bonchev–Trinajstić information content (AvgIpc) is 1.98. The predicted molar refractivity (Wildman–Crippen MR) is 72.0 cm³/mol. The van der Waals surface area contributed by atoms with Crippen LogP contribution in [0.15, 0.2) is 16.8 Å². The molecule has 0 aromatic heterocycles. The SMILES string of the molecule is [2H][Al]([Cl])[N](/C(C)=C\C(C)=NC(C)C)C(C)C. The summed E-state index contributed by atoms with van der Waals surface area (Å²) >= 11 is -2.06. The van der Waals surface area contributed by atoms with Crippen LogP contribution < -0.4 is 0 Å². The van der Waals surface area contributed by atoms with Crippen molar-refractivity contribution in [1.82, 2.24) is 3.88 Å². The molecular formula is C11H22AlClN2. The van der Waals surface area contributed by atoms with Crippen LogP contribution in [-0.2, 0) is 0 Å². The topological polar surface area (TPSA) is 15.6 Å². The normalized spacial score (nSPS) is 14.6. The lowest BCUT2D eigenvalue weighted by Crippen LogP contribution is -2.30. The number of hydrogen-bond acceptors (Lipinski definition) is 2. The number of rotatable bonds is 5. The Balaban J connectivity index is 4.86. The Labute approximate surface area is 105 Å². The van der Waals surface area contributed by atoms with Crippen LogP contribution in [0.1, 0.15) is 41.5 Å². The number of nitrogens with zero attached hydrogens (tertiary/aromatic N) is 2. The van der Waals surface area contributed by atoms with Gasteiger partial charge in [0.05, 0.1) is 0 Å². The van der Waals surface area contributed by atoms with E-state index in [2.05, 4.69) is 32.7 Å². The zero-order valence-electron chi connectivity index (χ0n) is 11.6. The predicted octanol–water partition coefficient (Wildman–Crippen LogP) is 2.98. The van der Waals surface area contributed by atoms with Gasteiger partial charge in [0.15, 0.2) is 0 Å². The van der Waals surface area contributed by atoms with Crippen molar-refractivity contribution in [2.75, 3.05) is 0 Å². The Morgan fingerprint density at radius 1 is 1.40 bits per heavy atom. The van der Waals surface area contributed by atoms with E-state index in [1.54, 1.807) is 0 Å². The fourth-order valence-electron chi connectivity index (χ4n) is 1.42. The molecule has 4 heteroatoms. The van der Waals surface area contributed by atoms with Crippen LogP contribution in [0.4, 0.5) is 0 Å². The third-order valence-corrected chi connectivity index (χ3v) is 3.79. The number of hydrogen-bond donors (Lipinski definition) is 0. The monoisotopic (exact) mass is 245 g/mol. The minimum atomic E-state index is -2.06. The zero-order valence-corrected chi connectivity index (χ0v) is 12.5. The van der Waals surface area contributed by atoms with Gasteiger partial charge in [-0.3, -0.25) is 4.99 Å². The third-order valence-electron chi connectivity index (χ3n) is 1.95. The quantitative estimate of drug-likeness (QED) is 0.537. The van der Waals surface area contributed by atoms with Crippen LogP contribution >= 0.6 is 10.0 Å². The lowest BCUT2D eigenvalue weighted by Gasteiger charge is -2.28. The Hall–Kier alpha value is 0.0325. The first-order valence-corrected chi connectivity index (χ1v) is 7.59. The largest absolute Gasteiger partial charge is 0.520 e. The highest BCUT2D eigenvalue weighted by atomic mass is 35.6. The molecule has 0 aliphatic carbocycles. The Morgan fingerprint density at radius 3 is 2.27 bits per heavy atom. The van der Waals surface area contributed by atoms with Crippen molar-refractivity contribution in [3.63, 3.8) is 0 Å². The van der Waals surface area contributed by atoms with Crippen molar-refractivity contribution in [3.05, 3.63) is 11.8 Å². The van der Waals surface area contributed by atoms with Gasteiger partial charge in [-0.1, -0.05) is 0 Å². The maximum absolute atomic E-state index is 7.73. The number of halogens is 1. The molecule has 0 heterocycles. The van der Waals surface area contributed by atoms with Gasteiger partial charge < -0.3 is 3.88 Å². The molecule has 2 nitrogen and oxygen atoms in total. The van der Waals surface area contributed by atoms with Crippen molar-refractivity contribution in [2.24, 2.45) is 4.99 Å². The van der Waals surface area contributed by atoms with E-state index < -0.39 is 14.4 Å². The van der Waals surface area contributed by atoms with E-state index in [9.17, 15) is 0 Å². The molecule has 15 heavy (non-hydrogen) atoms. The van der Waals surface area contributed by atoms with E-state index in [0.29, 0.717) is 6.04 Å². The highest BCUT2D eigenvalue weighted by Gasteiger charge is 2.10. The smallest absolute Gasteiger partial charge is 0.455 e. The van der Waals surface area contributed by atoms with Gasteiger partial charge in [0.25, 0.3) is 0 Å². The molecule has 0 rings (SSSR count). The molecule has 0 aromatic rings. The molecule has 0 saturated carbocycles. The summed E-state index contributed by atoms with van der Waals surface area (Å²) in [5, 5.41) is 0. The van der Waals surface area contributed by atoms with Crippen LogP contribution in [-0.4, -0.2) is 37.0 Å². The molecule has 0 aliphatic heterocycles. The summed E-state index contributed by atoms with van der Waals surface area (Å²) < 4.78 is 9.72. The third kappa shape index (κ3) is 6.25. The van der Waals surface area contributed by atoms with Crippen molar-refractivity contribution in [1.29, 1.82) is 0.939 Å². The van der Waals surface area contributed by atoms with Gasteiger partial charge >= 0.3 is 14.4 Å². The first-order valence-electron chi connectivity index (χ1n) is 5.90. The van der Waals surface area contributed by atoms with E-state index in [1.165, 1.54) is 0 Å². The Kier molecular flexibility index (Phi) is 6.40. The van der Waals surface area contributed by atoms with Crippen LogP contribution in [0.3, 0.4) is 0 Å². The highest BCUT2D eigenvalue weighted by molar-refractivity contribution is 6.92. The van der Waals surface area contributed by atoms with Crippen molar-refractivity contribution < 1.29 is 0 Å². The van der Waals surface area contributed by atoms with Crippen LogP contribution in [0, 0.1) is 0 Å². The first kappa shape index (κ1) is 13.1. The number of aliphatic imine (C=N–C) groups is 1. The molecule has 0 fully saturated rings. The molecule has 0 spiro atoms. The van der Waals surface area contributed by atoms with E-state index in [-0.39, 0.29) is 6.04 Å². The zero-order chi connectivity index (χ0) is 12.9. The number of allylic oxidation sites excluding steroid dienone is 2. The Morgan fingerprint density at radius 2 is 1.93 bits per heavy atom. The van der Waals surface area contributed by atoms with E-state index in [4.69, 9.17) is 11.0 Å². The minimum Gasteiger partial charge on any atom is -0.455 e. The van der Waals surface area contributed by atoms with Crippen molar-refractivity contribution in [3.8, 4) is 0 Å². The highest BCUT2D eigenvalue weighted by Crippen LogP contribution is 2.08. The van der Waals surface area contributed by atoms with Gasteiger partial charge in [0, 0.05) is 17.8 Å². The molecule has 0 radical (unpaired) electrons. The second kappa shape index (κ2) is 7.33. The average molecular weight is 246 g/mol. The van der Waals surface area contributed by atoms with Crippen LogP contribution in [0.25, 0.3) is 0 Å². The van der Waals surface area contributed by atoms with Gasteiger partial charge in [-0.2, -0.15) is 0 Å².